The molecule has 2 aromatic rings. The summed E-state index contributed by atoms with van der Waals surface area (Å²) in [5.74, 6) is 6.92. The average Bonchev–Trinajstić information content (AvgIpc) is 2.65. The quantitative estimate of drug-likeness (QED) is 0.786. The number of anilines is 1. The normalized spacial score (nSPS) is 14.2. The van der Waals surface area contributed by atoms with Crippen LogP contribution in [0.3, 0.4) is 0 Å². The highest BCUT2D eigenvalue weighted by Crippen LogP contribution is 2.21. The van der Waals surface area contributed by atoms with Gasteiger partial charge in [0, 0.05) is 44.1 Å². The molecule has 1 aromatic carbocycles. The molecule has 1 heterocycles. The number of hydrogen-bond donors (Lipinski definition) is 2. The maximum Gasteiger partial charge on any atom is 0.317 e. The Kier molecular flexibility index (Phi) is 6.49. The minimum absolute atomic E-state index is 0.0658. The summed E-state index contributed by atoms with van der Waals surface area (Å²) in [6, 6.07) is 8.60. The molecule has 0 aliphatic heterocycles. The summed E-state index contributed by atoms with van der Waals surface area (Å²) in [7, 11) is 3.47. The van der Waals surface area contributed by atoms with Crippen LogP contribution >= 0.6 is 0 Å². The number of aromatic nitrogens is 2. The molecule has 2 N–H and O–H groups in total. The molecule has 0 saturated heterocycles. The van der Waals surface area contributed by atoms with E-state index in [1.54, 1.807) is 26.5 Å². The maximum atomic E-state index is 11.7. The molecule has 1 aromatic heterocycles. The first kappa shape index (κ1) is 19.7. The van der Waals surface area contributed by atoms with E-state index in [4.69, 9.17) is 0 Å². The molecular weight excluding hydrogens is 350 g/mol. The van der Waals surface area contributed by atoms with E-state index in [-0.39, 0.29) is 12.1 Å². The van der Waals surface area contributed by atoms with Crippen LogP contribution in [0, 0.1) is 11.8 Å². The fourth-order valence-electron chi connectivity index (χ4n) is 2.82. The minimum atomic E-state index is -0.0777. The van der Waals surface area contributed by atoms with Crippen LogP contribution in [0.1, 0.15) is 42.9 Å². The third kappa shape index (κ3) is 5.71. The number of urea groups is 1. The molecule has 1 unspecified atom stereocenters. The van der Waals surface area contributed by atoms with Crippen LogP contribution < -0.4 is 10.6 Å². The molecule has 0 spiro atoms. The molecule has 0 bridgehead atoms. The summed E-state index contributed by atoms with van der Waals surface area (Å²) in [4.78, 5) is 21.9. The Morgan fingerprint density at radius 2 is 1.79 bits per heavy atom. The van der Waals surface area contributed by atoms with Gasteiger partial charge >= 0.3 is 6.03 Å². The van der Waals surface area contributed by atoms with Crippen molar-refractivity contribution in [1.82, 2.24) is 20.2 Å². The number of carbonyl (C=O) groups excluding carboxylic acids is 1. The van der Waals surface area contributed by atoms with Gasteiger partial charge in [-0.3, -0.25) is 0 Å². The van der Waals surface area contributed by atoms with Gasteiger partial charge in [-0.15, -0.1) is 0 Å². The minimum Gasteiger partial charge on any atom is -0.351 e. The van der Waals surface area contributed by atoms with Crippen LogP contribution in [0.4, 0.5) is 10.7 Å². The SMILES string of the molecule is CC(Cc1ccc(C#Cc2cnc(NC3CCC3)nc2)cc1)NC(=O)N(C)C. The third-order valence-electron chi connectivity index (χ3n) is 4.71. The second-order valence-electron chi connectivity index (χ2n) is 7.46. The number of nitrogens with one attached hydrogen (secondary N) is 2. The second-order valence-corrected chi connectivity index (χ2v) is 7.46. The van der Waals surface area contributed by atoms with E-state index in [1.807, 2.05) is 31.2 Å². The lowest BCUT2D eigenvalue weighted by molar-refractivity contribution is 0.214. The molecule has 1 atom stereocenters. The number of benzene rings is 1. The Morgan fingerprint density at radius 1 is 1.14 bits per heavy atom. The van der Waals surface area contributed by atoms with E-state index in [1.165, 1.54) is 24.2 Å². The lowest BCUT2D eigenvalue weighted by Gasteiger charge is -2.26. The average molecular weight is 377 g/mol. The Bertz CT molecular complexity index is 845. The summed E-state index contributed by atoms with van der Waals surface area (Å²) in [5.41, 5.74) is 2.89. The van der Waals surface area contributed by atoms with Crippen LogP contribution in [0.2, 0.25) is 0 Å². The van der Waals surface area contributed by atoms with Gasteiger partial charge in [0.2, 0.25) is 5.95 Å². The molecule has 6 nitrogen and oxygen atoms in total. The van der Waals surface area contributed by atoms with Crippen LogP contribution in [0.15, 0.2) is 36.7 Å². The van der Waals surface area contributed by atoms with Crippen molar-refractivity contribution < 1.29 is 4.79 Å². The predicted octanol–water partition coefficient (Wildman–Crippen LogP) is 3.04. The van der Waals surface area contributed by atoms with Crippen molar-refractivity contribution in [2.24, 2.45) is 0 Å². The summed E-state index contributed by atoms with van der Waals surface area (Å²) >= 11 is 0. The Hall–Kier alpha value is -3.07. The van der Waals surface area contributed by atoms with Crippen LogP contribution in [-0.4, -0.2) is 47.1 Å². The molecule has 3 rings (SSSR count). The van der Waals surface area contributed by atoms with Gasteiger partial charge in [-0.2, -0.15) is 0 Å². The molecule has 1 saturated carbocycles. The third-order valence-corrected chi connectivity index (χ3v) is 4.71. The fourth-order valence-corrected chi connectivity index (χ4v) is 2.82. The van der Waals surface area contributed by atoms with Crippen molar-refractivity contribution in [1.29, 1.82) is 0 Å². The van der Waals surface area contributed by atoms with E-state index in [2.05, 4.69) is 32.4 Å². The van der Waals surface area contributed by atoms with Gasteiger partial charge in [-0.25, -0.2) is 14.8 Å². The molecule has 1 fully saturated rings. The Morgan fingerprint density at radius 3 is 2.36 bits per heavy atom. The second kappa shape index (κ2) is 9.23. The summed E-state index contributed by atoms with van der Waals surface area (Å²) < 4.78 is 0. The van der Waals surface area contributed by atoms with Gasteiger partial charge in [0.05, 0.1) is 5.56 Å². The first-order valence-corrected chi connectivity index (χ1v) is 9.67. The van der Waals surface area contributed by atoms with Crippen LogP contribution in [0.25, 0.3) is 0 Å². The van der Waals surface area contributed by atoms with Gasteiger partial charge < -0.3 is 15.5 Å². The maximum absolute atomic E-state index is 11.7. The Labute approximate surface area is 166 Å². The van der Waals surface area contributed by atoms with Gasteiger partial charge in [-0.1, -0.05) is 24.0 Å². The number of rotatable bonds is 5. The van der Waals surface area contributed by atoms with Gasteiger partial charge in [0.15, 0.2) is 0 Å². The summed E-state index contributed by atoms with van der Waals surface area (Å²) in [6.07, 6.45) is 7.96. The number of hydrogen-bond acceptors (Lipinski definition) is 4. The number of carbonyl (C=O) groups is 1. The van der Waals surface area contributed by atoms with E-state index in [9.17, 15) is 4.79 Å². The van der Waals surface area contributed by atoms with Crippen molar-refractivity contribution in [3.63, 3.8) is 0 Å². The van der Waals surface area contributed by atoms with Crippen molar-refractivity contribution in [3.05, 3.63) is 53.3 Å². The van der Waals surface area contributed by atoms with Crippen molar-refractivity contribution in [2.45, 2.75) is 44.7 Å². The van der Waals surface area contributed by atoms with Gasteiger partial charge in [0.1, 0.15) is 0 Å². The topological polar surface area (TPSA) is 70.1 Å². The highest BCUT2D eigenvalue weighted by atomic mass is 16.2. The Balaban J connectivity index is 1.53. The first-order chi connectivity index (χ1) is 13.5. The zero-order chi connectivity index (χ0) is 19.9. The highest BCUT2D eigenvalue weighted by molar-refractivity contribution is 5.73. The van der Waals surface area contributed by atoms with Crippen LogP contribution in [-0.2, 0) is 6.42 Å². The molecular formula is C22H27N5O. The standard InChI is InChI=1S/C22H27N5O/c1-16(25-22(28)27(2)3)13-18-10-7-17(8-11-18)9-12-19-14-23-21(24-15-19)26-20-5-4-6-20/h7-8,10-11,14-16,20H,4-6,13H2,1-3H3,(H,25,28)(H,23,24,26). The molecule has 146 valence electrons. The smallest absolute Gasteiger partial charge is 0.317 e. The van der Waals surface area contributed by atoms with E-state index >= 15 is 0 Å². The molecule has 1 aliphatic rings. The van der Waals surface area contributed by atoms with Gasteiger partial charge in [0.25, 0.3) is 0 Å². The van der Waals surface area contributed by atoms with Gasteiger partial charge in [-0.05, 0) is 50.3 Å². The first-order valence-electron chi connectivity index (χ1n) is 9.67. The predicted molar refractivity (Wildman–Crippen MR) is 111 cm³/mol. The zero-order valence-corrected chi connectivity index (χ0v) is 16.7. The molecule has 0 radical (unpaired) electrons. The molecule has 2 amide bonds. The lowest BCUT2D eigenvalue weighted by atomic mass is 9.93. The lowest BCUT2D eigenvalue weighted by Crippen LogP contribution is -2.40. The number of amides is 2. The molecule has 1 aliphatic carbocycles. The molecule has 28 heavy (non-hydrogen) atoms. The van der Waals surface area contributed by atoms with Crippen molar-refractivity contribution in [3.8, 4) is 11.8 Å². The number of nitrogens with zero attached hydrogens (tertiary/aromatic N) is 3. The van der Waals surface area contributed by atoms with Crippen molar-refractivity contribution >= 4 is 12.0 Å². The summed E-state index contributed by atoms with van der Waals surface area (Å²) in [5, 5.41) is 6.27. The highest BCUT2D eigenvalue weighted by Gasteiger charge is 2.17. The van der Waals surface area contributed by atoms with Crippen LogP contribution in [0.5, 0.6) is 0 Å². The summed E-state index contributed by atoms with van der Waals surface area (Å²) in [6.45, 7) is 2.00. The largest absolute Gasteiger partial charge is 0.351 e. The molecule has 6 heteroatoms. The zero-order valence-electron chi connectivity index (χ0n) is 16.7. The van der Waals surface area contributed by atoms with Crippen molar-refractivity contribution in [2.75, 3.05) is 19.4 Å². The van der Waals surface area contributed by atoms with E-state index in [0.717, 1.165) is 23.1 Å². The van der Waals surface area contributed by atoms with E-state index in [0.29, 0.717) is 12.0 Å². The van der Waals surface area contributed by atoms with E-state index < -0.39 is 0 Å². The monoisotopic (exact) mass is 377 g/mol. The fraction of sp³-hybridized carbons (Fsp3) is 0.409.